The van der Waals surface area contributed by atoms with Crippen LogP contribution in [0.1, 0.15) is 55.2 Å². The van der Waals surface area contributed by atoms with Crippen molar-refractivity contribution in [2.75, 3.05) is 14.2 Å². The average molecular weight is 520 g/mol. The van der Waals surface area contributed by atoms with Crippen LogP contribution in [-0.2, 0) is 11.3 Å². The van der Waals surface area contributed by atoms with Gasteiger partial charge in [0, 0.05) is 31.0 Å². The van der Waals surface area contributed by atoms with Gasteiger partial charge >= 0.3 is 0 Å². The van der Waals surface area contributed by atoms with Gasteiger partial charge in [-0.1, -0.05) is 36.8 Å². The van der Waals surface area contributed by atoms with Gasteiger partial charge in [0.1, 0.15) is 29.6 Å². The second-order valence-electron chi connectivity index (χ2n) is 7.27. The Labute approximate surface area is 214 Å². The maximum absolute atomic E-state index is 14.8. The Morgan fingerprint density at radius 3 is 2.58 bits per heavy atom. The number of benzene rings is 1. The molecule has 2 heterocycles. The molecule has 0 radical (unpaired) electrons. The molecule has 2 aromatic heterocycles. The van der Waals surface area contributed by atoms with Crippen LogP contribution in [0.15, 0.2) is 46.2 Å². The number of aryl methyl sites for hydroxylation is 1. The number of hydrogen-bond acceptors (Lipinski definition) is 8. The van der Waals surface area contributed by atoms with Gasteiger partial charge in [-0.15, -0.1) is 0 Å². The highest BCUT2D eigenvalue weighted by atomic mass is 32.2. The number of rotatable bonds is 9. The van der Waals surface area contributed by atoms with E-state index in [4.69, 9.17) is 19.7 Å². The summed E-state index contributed by atoms with van der Waals surface area (Å²) in [6, 6.07) is 6.00. The Bertz CT molecular complexity index is 1170. The van der Waals surface area contributed by atoms with E-state index in [1.165, 1.54) is 55.5 Å². The minimum absolute atomic E-state index is 0.00894. The van der Waals surface area contributed by atoms with Crippen LogP contribution in [0.25, 0.3) is 11.9 Å². The number of nitrogens with zero attached hydrogens (tertiary/aromatic N) is 4. The maximum Gasteiger partial charge on any atom is 0.232 e. The van der Waals surface area contributed by atoms with E-state index in [2.05, 4.69) is 20.1 Å². The molecule has 8 nitrogen and oxygen atoms in total. The van der Waals surface area contributed by atoms with E-state index in [-0.39, 0.29) is 29.0 Å². The Balaban J connectivity index is 0.00000222. The molecule has 2 N–H and O–H groups in total. The summed E-state index contributed by atoms with van der Waals surface area (Å²) in [6.07, 6.45) is 3.19. The zero-order valence-corrected chi connectivity index (χ0v) is 22.0. The third-order valence-corrected chi connectivity index (χ3v) is 5.79. The van der Waals surface area contributed by atoms with Crippen LogP contribution in [0.5, 0.6) is 5.88 Å². The van der Waals surface area contributed by atoms with Crippen molar-refractivity contribution in [1.29, 1.82) is 0 Å². The predicted octanol–water partition coefficient (Wildman–Crippen LogP) is 5.74. The SMILES string of the molecule is CC.CN=C(N)SC(C)[C@@H](OC)c1cc(/C=C(\F)c2cnc(OCc3cc(C)on3)cn2)ccc1F. The number of ether oxygens (including phenoxy) is 2. The lowest BCUT2D eigenvalue weighted by atomic mass is 10.0. The summed E-state index contributed by atoms with van der Waals surface area (Å²) in [7, 11) is 3.05. The normalized spacial score (nSPS) is 13.6. The van der Waals surface area contributed by atoms with Gasteiger partial charge in [0.2, 0.25) is 5.88 Å². The number of amidine groups is 1. The number of nitrogens with two attached hydrogens (primary N) is 1. The topological polar surface area (TPSA) is 109 Å². The Kier molecular flexibility index (Phi) is 11.5. The van der Waals surface area contributed by atoms with E-state index >= 15 is 0 Å². The van der Waals surface area contributed by atoms with Crippen LogP contribution >= 0.6 is 11.8 Å². The van der Waals surface area contributed by atoms with Crippen LogP contribution in [0, 0.1) is 12.7 Å². The number of methoxy groups -OCH3 is 1. The number of aromatic nitrogens is 3. The molecule has 3 rings (SSSR count). The maximum atomic E-state index is 14.8. The molecule has 11 heteroatoms. The summed E-state index contributed by atoms with van der Waals surface area (Å²) in [4.78, 5) is 12.0. The van der Waals surface area contributed by atoms with Gasteiger partial charge in [0.15, 0.2) is 11.0 Å². The lowest BCUT2D eigenvalue weighted by Gasteiger charge is -2.23. The van der Waals surface area contributed by atoms with Crippen molar-refractivity contribution in [2.24, 2.45) is 10.7 Å². The molecule has 0 aliphatic carbocycles. The molecule has 2 atom stereocenters. The van der Waals surface area contributed by atoms with E-state index in [0.29, 0.717) is 22.2 Å². The second kappa shape index (κ2) is 14.3. The van der Waals surface area contributed by atoms with E-state index in [1.54, 1.807) is 20.0 Å². The predicted molar refractivity (Wildman–Crippen MR) is 139 cm³/mol. The third kappa shape index (κ3) is 8.13. The molecular weight excluding hydrogens is 488 g/mol. The van der Waals surface area contributed by atoms with Crippen molar-refractivity contribution in [1.82, 2.24) is 15.1 Å². The van der Waals surface area contributed by atoms with Crippen LogP contribution in [-0.4, -0.2) is 39.7 Å². The first-order valence-corrected chi connectivity index (χ1v) is 12.1. The Morgan fingerprint density at radius 1 is 1.25 bits per heavy atom. The fraction of sp³-hybridized carbons (Fsp3) is 0.360. The summed E-state index contributed by atoms with van der Waals surface area (Å²) >= 11 is 1.26. The largest absolute Gasteiger partial charge is 0.470 e. The summed E-state index contributed by atoms with van der Waals surface area (Å²) in [6.45, 7) is 7.77. The zero-order valence-electron chi connectivity index (χ0n) is 21.2. The van der Waals surface area contributed by atoms with Crippen LogP contribution < -0.4 is 10.5 Å². The van der Waals surface area contributed by atoms with Crippen LogP contribution in [0.3, 0.4) is 0 Å². The molecule has 194 valence electrons. The molecule has 0 aliphatic heterocycles. The monoisotopic (exact) mass is 519 g/mol. The number of aliphatic imine (C=N–C) groups is 1. The lowest BCUT2D eigenvalue weighted by Crippen LogP contribution is -2.20. The fourth-order valence-corrected chi connectivity index (χ4v) is 3.98. The molecule has 0 aliphatic rings. The van der Waals surface area contributed by atoms with E-state index in [1.807, 2.05) is 20.8 Å². The van der Waals surface area contributed by atoms with Crippen molar-refractivity contribution in [3.8, 4) is 5.88 Å². The Morgan fingerprint density at radius 2 is 2.00 bits per heavy atom. The molecule has 0 saturated carbocycles. The molecule has 0 saturated heterocycles. The molecular formula is C25H31F2N5O3S. The lowest BCUT2D eigenvalue weighted by molar-refractivity contribution is 0.102. The van der Waals surface area contributed by atoms with Crippen molar-refractivity contribution >= 4 is 28.8 Å². The smallest absolute Gasteiger partial charge is 0.232 e. The third-order valence-electron chi connectivity index (χ3n) is 4.74. The first kappa shape index (κ1) is 28.9. The van der Waals surface area contributed by atoms with Gasteiger partial charge in [-0.25, -0.2) is 18.7 Å². The first-order valence-electron chi connectivity index (χ1n) is 11.3. The molecule has 0 spiro atoms. The van der Waals surface area contributed by atoms with E-state index < -0.39 is 17.7 Å². The highest BCUT2D eigenvalue weighted by Gasteiger charge is 2.24. The minimum Gasteiger partial charge on any atom is -0.470 e. The summed E-state index contributed by atoms with van der Waals surface area (Å²) in [5, 5.41) is 3.95. The molecule has 36 heavy (non-hydrogen) atoms. The highest BCUT2D eigenvalue weighted by molar-refractivity contribution is 8.14. The standard InChI is InChI=1S/C23H25F2N5O3S.C2H6/c1-13-7-16(30-33-13)12-32-21-11-28-20(10-29-21)19(25)9-15-5-6-18(24)17(8-15)22(31-4)14(2)34-23(26)27-3;1-2/h5-11,14,22H,12H2,1-4H3,(H2,26,27);1-2H3/b19-9-;/t14?,22-;/m1./s1. The van der Waals surface area contributed by atoms with Gasteiger partial charge < -0.3 is 19.7 Å². The number of thioether (sulfide) groups is 1. The number of hydrogen-bond donors (Lipinski definition) is 1. The quantitative estimate of drug-likeness (QED) is 0.282. The van der Waals surface area contributed by atoms with Crippen molar-refractivity contribution in [2.45, 2.75) is 45.7 Å². The summed E-state index contributed by atoms with van der Waals surface area (Å²) < 4.78 is 45.4. The molecule has 1 unspecified atom stereocenters. The zero-order chi connectivity index (χ0) is 26.7. The highest BCUT2D eigenvalue weighted by Crippen LogP contribution is 2.32. The van der Waals surface area contributed by atoms with Crippen molar-refractivity contribution in [3.63, 3.8) is 0 Å². The fourth-order valence-electron chi connectivity index (χ4n) is 3.11. The molecule has 0 fully saturated rings. The van der Waals surface area contributed by atoms with E-state index in [0.717, 1.165) is 0 Å². The summed E-state index contributed by atoms with van der Waals surface area (Å²) in [5.74, 6) is -0.222. The van der Waals surface area contributed by atoms with Gasteiger partial charge in [0.05, 0.1) is 18.5 Å². The first-order chi connectivity index (χ1) is 17.3. The average Bonchev–Trinajstić information content (AvgIpc) is 3.31. The van der Waals surface area contributed by atoms with Crippen molar-refractivity contribution in [3.05, 3.63) is 70.8 Å². The van der Waals surface area contributed by atoms with Gasteiger partial charge in [-0.2, -0.15) is 0 Å². The van der Waals surface area contributed by atoms with Crippen LogP contribution in [0.2, 0.25) is 0 Å². The molecule has 1 aromatic carbocycles. The number of halogens is 2. The van der Waals surface area contributed by atoms with E-state index in [9.17, 15) is 8.78 Å². The van der Waals surface area contributed by atoms with Gasteiger partial charge in [-0.05, 0) is 37.6 Å². The minimum atomic E-state index is -0.637. The molecule has 3 aromatic rings. The van der Waals surface area contributed by atoms with Crippen molar-refractivity contribution < 1.29 is 22.8 Å². The van der Waals surface area contributed by atoms with Gasteiger partial charge in [-0.3, -0.25) is 4.99 Å². The van der Waals surface area contributed by atoms with Crippen LogP contribution in [0.4, 0.5) is 8.78 Å². The molecule has 0 amide bonds. The molecule has 0 bridgehead atoms. The summed E-state index contributed by atoms with van der Waals surface area (Å²) in [5.41, 5.74) is 7.11. The Hall–Kier alpha value is -3.31. The second-order valence-corrected chi connectivity index (χ2v) is 8.67. The van der Waals surface area contributed by atoms with Gasteiger partial charge in [0.25, 0.3) is 0 Å².